The molecule has 0 aliphatic carbocycles. The molecule has 7 nitrogen and oxygen atoms in total. The van der Waals surface area contributed by atoms with Crippen LogP contribution in [0.15, 0.2) is 0 Å². The summed E-state index contributed by atoms with van der Waals surface area (Å²) >= 11 is 0. The van der Waals surface area contributed by atoms with E-state index in [-0.39, 0.29) is 24.8 Å². The van der Waals surface area contributed by atoms with Crippen LogP contribution in [0.25, 0.3) is 0 Å². The molecule has 2 amide bonds. The molecule has 0 spiro atoms. The molecule has 1 N–H and O–H groups in total. The van der Waals surface area contributed by atoms with Crippen molar-refractivity contribution >= 4 is 17.8 Å². The summed E-state index contributed by atoms with van der Waals surface area (Å²) in [4.78, 5) is 36.5. The molecule has 0 saturated carbocycles. The number of hydrogen-bond donors (Lipinski definition) is 1. The van der Waals surface area contributed by atoms with Crippen molar-refractivity contribution in [3.05, 3.63) is 0 Å². The first-order chi connectivity index (χ1) is 8.32. The Kier molecular flexibility index (Phi) is 3.12. The van der Waals surface area contributed by atoms with E-state index in [0.717, 1.165) is 4.90 Å². The molecular weight excluding hydrogens is 240 g/mol. The summed E-state index contributed by atoms with van der Waals surface area (Å²) in [7, 11) is 1.48. The fraction of sp³-hybridized carbons (Fsp3) is 0.727. The van der Waals surface area contributed by atoms with Crippen LogP contribution in [0, 0.1) is 0 Å². The number of likely N-dealkylation sites (tertiary alicyclic amines) is 2. The molecule has 0 bridgehead atoms. The SMILES string of the molecule is CN1C(=O)CC(N2CC(C)(OCC(=O)O)C2)C1=O. The van der Waals surface area contributed by atoms with Crippen molar-refractivity contribution in [2.75, 3.05) is 26.7 Å². The second kappa shape index (κ2) is 4.33. The number of rotatable bonds is 4. The van der Waals surface area contributed by atoms with Crippen LogP contribution >= 0.6 is 0 Å². The van der Waals surface area contributed by atoms with Crippen molar-refractivity contribution in [3.8, 4) is 0 Å². The van der Waals surface area contributed by atoms with E-state index >= 15 is 0 Å². The Labute approximate surface area is 104 Å². The predicted octanol–water partition coefficient (Wildman–Crippen LogP) is -1.08. The molecule has 2 aliphatic heterocycles. The van der Waals surface area contributed by atoms with Gasteiger partial charge in [-0.2, -0.15) is 0 Å². The van der Waals surface area contributed by atoms with Crippen molar-refractivity contribution in [2.24, 2.45) is 0 Å². The number of nitrogens with zero attached hydrogens (tertiary/aromatic N) is 2. The lowest BCUT2D eigenvalue weighted by Gasteiger charge is -2.49. The molecular formula is C11H16N2O5. The molecule has 2 aliphatic rings. The molecule has 0 radical (unpaired) electrons. The largest absolute Gasteiger partial charge is 0.480 e. The van der Waals surface area contributed by atoms with Crippen molar-refractivity contribution in [2.45, 2.75) is 25.0 Å². The number of amides is 2. The molecule has 0 aromatic carbocycles. The van der Waals surface area contributed by atoms with Gasteiger partial charge in [0.15, 0.2) is 0 Å². The molecule has 1 unspecified atom stereocenters. The van der Waals surface area contributed by atoms with E-state index < -0.39 is 17.6 Å². The summed E-state index contributed by atoms with van der Waals surface area (Å²) in [5, 5.41) is 8.54. The van der Waals surface area contributed by atoms with E-state index in [4.69, 9.17) is 9.84 Å². The molecule has 0 aromatic rings. The van der Waals surface area contributed by atoms with Gasteiger partial charge in [0, 0.05) is 20.1 Å². The van der Waals surface area contributed by atoms with Gasteiger partial charge in [-0.1, -0.05) is 0 Å². The van der Waals surface area contributed by atoms with Crippen LogP contribution in [-0.2, 0) is 19.1 Å². The van der Waals surface area contributed by atoms with Crippen molar-refractivity contribution in [3.63, 3.8) is 0 Å². The number of carboxylic acids is 1. The van der Waals surface area contributed by atoms with E-state index in [2.05, 4.69) is 0 Å². The maximum Gasteiger partial charge on any atom is 0.329 e. The first kappa shape index (κ1) is 13.0. The fourth-order valence-electron chi connectivity index (χ4n) is 2.38. The summed E-state index contributed by atoms with van der Waals surface area (Å²) in [6.07, 6.45) is 0.199. The fourth-order valence-corrected chi connectivity index (χ4v) is 2.38. The van der Waals surface area contributed by atoms with Gasteiger partial charge >= 0.3 is 5.97 Å². The number of carbonyl (C=O) groups is 3. The Morgan fingerprint density at radius 3 is 2.56 bits per heavy atom. The van der Waals surface area contributed by atoms with Crippen LogP contribution in [0.1, 0.15) is 13.3 Å². The summed E-state index contributed by atoms with van der Waals surface area (Å²) < 4.78 is 5.25. The van der Waals surface area contributed by atoms with Crippen LogP contribution in [0.5, 0.6) is 0 Å². The monoisotopic (exact) mass is 256 g/mol. The minimum absolute atomic E-state index is 0.176. The van der Waals surface area contributed by atoms with Gasteiger partial charge in [-0.05, 0) is 6.92 Å². The van der Waals surface area contributed by atoms with E-state index in [1.54, 1.807) is 6.92 Å². The summed E-state index contributed by atoms with van der Waals surface area (Å²) in [5.74, 6) is -1.38. The normalized spacial score (nSPS) is 27.4. The molecule has 0 aromatic heterocycles. The molecule has 2 heterocycles. The number of carboxylic acid groups (broad SMARTS) is 1. The Morgan fingerprint density at radius 2 is 2.11 bits per heavy atom. The van der Waals surface area contributed by atoms with Crippen molar-refractivity contribution < 1.29 is 24.2 Å². The van der Waals surface area contributed by atoms with E-state index in [0.29, 0.717) is 13.1 Å². The third-order valence-electron chi connectivity index (χ3n) is 3.42. The Hall–Kier alpha value is -1.47. The summed E-state index contributed by atoms with van der Waals surface area (Å²) in [5.41, 5.74) is -0.539. The van der Waals surface area contributed by atoms with E-state index in [1.165, 1.54) is 7.05 Å². The van der Waals surface area contributed by atoms with Gasteiger partial charge in [0.1, 0.15) is 6.61 Å². The quantitative estimate of drug-likeness (QED) is 0.644. The first-order valence-electron chi connectivity index (χ1n) is 5.72. The maximum atomic E-state index is 11.8. The number of aliphatic carboxylic acids is 1. The summed E-state index contributed by atoms with van der Waals surface area (Å²) in [6.45, 7) is 2.40. The number of hydrogen-bond acceptors (Lipinski definition) is 5. The van der Waals surface area contributed by atoms with E-state index in [1.807, 2.05) is 4.90 Å². The summed E-state index contributed by atoms with van der Waals surface area (Å²) in [6, 6.07) is -0.413. The van der Waals surface area contributed by atoms with Gasteiger partial charge in [0.05, 0.1) is 18.1 Å². The van der Waals surface area contributed by atoms with E-state index in [9.17, 15) is 14.4 Å². The molecule has 100 valence electrons. The second-order valence-corrected chi connectivity index (χ2v) is 5.05. The number of ether oxygens (including phenoxy) is 1. The van der Waals surface area contributed by atoms with Gasteiger partial charge in [-0.3, -0.25) is 19.4 Å². The third kappa shape index (κ3) is 2.23. The predicted molar refractivity (Wildman–Crippen MR) is 59.7 cm³/mol. The molecule has 1 atom stereocenters. The minimum Gasteiger partial charge on any atom is -0.480 e. The smallest absolute Gasteiger partial charge is 0.329 e. The van der Waals surface area contributed by atoms with Gasteiger partial charge in [-0.15, -0.1) is 0 Å². The highest BCUT2D eigenvalue weighted by Gasteiger charge is 2.49. The van der Waals surface area contributed by atoms with Crippen molar-refractivity contribution in [1.29, 1.82) is 0 Å². The standard InChI is InChI=1S/C11H16N2O5/c1-11(18-4-9(15)16)5-13(6-11)7-3-8(14)12(2)10(7)17/h7H,3-6H2,1-2H3,(H,15,16). The second-order valence-electron chi connectivity index (χ2n) is 5.05. The lowest BCUT2D eigenvalue weighted by molar-refractivity contribution is -0.172. The average molecular weight is 256 g/mol. The Balaban J connectivity index is 1.87. The zero-order valence-corrected chi connectivity index (χ0v) is 10.4. The zero-order valence-electron chi connectivity index (χ0n) is 10.4. The minimum atomic E-state index is -1.01. The van der Waals surface area contributed by atoms with Gasteiger partial charge in [0.25, 0.3) is 0 Å². The molecule has 7 heteroatoms. The molecule has 2 saturated heterocycles. The van der Waals surface area contributed by atoms with Crippen molar-refractivity contribution in [1.82, 2.24) is 9.80 Å². The Morgan fingerprint density at radius 1 is 1.50 bits per heavy atom. The van der Waals surface area contributed by atoms with Crippen LogP contribution in [0.4, 0.5) is 0 Å². The average Bonchev–Trinajstić information content (AvgIpc) is 2.50. The lowest BCUT2D eigenvalue weighted by atomic mass is 9.93. The highest BCUT2D eigenvalue weighted by Crippen LogP contribution is 2.30. The number of carbonyl (C=O) groups excluding carboxylic acids is 2. The first-order valence-corrected chi connectivity index (χ1v) is 5.72. The van der Waals surface area contributed by atoms with Crippen LogP contribution < -0.4 is 0 Å². The molecule has 2 fully saturated rings. The Bertz CT molecular complexity index is 402. The molecule has 18 heavy (non-hydrogen) atoms. The topological polar surface area (TPSA) is 87.2 Å². The zero-order chi connectivity index (χ0) is 13.5. The number of likely N-dealkylation sites (N-methyl/N-ethyl adjacent to an activating group) is 1. The highest BCUT2D eigenvalue weighted by atomic mass is 16.5. The van der Waals surface area contributed by atoms with Crippen LogP contribution in [-0.4, -0.2) is 71.1 Å². The van der Waals surface area contributed by atoms with Gasteiger partial charge < -0.3 is 9.84 Å². The van der Waals surface area contributed by atoms with Crippen LogP contribution in [0.2, 0.25) is 0 Å². The van der Waals surface area contributed by atoms with Crippen LogP contribution in [0.3, 0.4) is 0 Å². The maximum absolute atomic E-state index is 11.8. The number of imide groups is 1. The highest BCUT2D eigenvalue weighted by molar-refractivity contribution is 6.05. The lowest BCUT2D eigenvalue weighted by Crippen LogP contribution is -2.65. The third-order valence-corrected chi connectivity index (χ3v) is 3.42. The molecule has 2 rings (SSSR count). The van der Waals surface area contributed by atoms with Gasteiger partial charge in [-0.25, -0.2) is 4.79 Å². The van der Waals surface area contributed by atoms with Gasteiger partial charge in [0.2, 0.25) is 11.8 Å².